The number of aromatic amines is 1. The van der Waals surface area contributed by atoms with E-state index >= 15 is 0 Å². The molecule has 3 aromatic rings. The lowest BCUT2D eigenvalue weighted by Crippen LogP contribution is -2.21. The maximum atomic E-state index is 12.1. The van der Waals surface area contributed by atoms with Crippen molar-refractivity contribution in [1.29, 1.82) is 5.26 Å². The Morgan fingerprint density at radius 2 is 2.15 bits per heavy atom. The van der Waals surface area contributed by atoms with Crippen molar-refractivity contribution >= 4 is 17.3 Å². The fraction of sp³-hybridized carbons (Fsp3) is 0.105. The number of carbonyl (C=O) groups is 1. The Morgan fingerprint density at radius 1 is 1.37 bits per heavy atom. The third kappa shape index (κ3) is 2.94. The van der Waals surface area contributed by atoms with Gasteiger partial charge in [-0.2, -0.15) is 5.26 Å². The summed E-state index contributed by atoms with van der Waals surface area (Å²) in [4.78, 5) is 12.6. The summed E-state index contributed by atoms with van der Waals surface area (Å²) in [5, 5.41) is 18.3. The van der Waals surface area contributed by atoms with Crippen LogP contribution in [0.5, 0.6) is 11.6 Å². The van der Waals surface area contributed by atoms with Gasteiger partial charge in [-0.15, -0.1) is 16.4 Å². The predicted molar refractivity (Wildman–Crippen MR) is 98.3 cm³/mol. The van der Waals surface area contributed by atoms with Crippen LogP contribution in [-0.2, 0) is 0 Å². The van der Waals surface area contributed by atoms with Crippen LogP contribution < -0.4 is 15.2 Å². The summed E-state index contributed by atoms with van der Waals surface area (Å²) in [5.41, 5.74) is 8.60. The van der Waals surface area contributed by atoms with Crippen LogP contribution in [0, 0.1) is 18.3 Å². The lowest BCUT2D eigenvalue weighted by molar-refractivity contribution is 0.0740. The zero-order valence-electron chi connectivity index (χ0n) is 14.2. The molecule has 1 aromatic carbocycles. The number of nitrogens with one attached hydrogen (secondary N) is 1. The molecule has 0 unspecified atom stereocenters. The number of thiophene rings is 1. The molecule has 1 aliphatic rings. The largest absolute Gasteiger partial charge is 0.422 e. The molecule has 0 radical (unpaired) electrons. The number of hydrogen-bond donors (Lipinski definition) is 2. The maximum Gasteiger partial charge on any atom is 0.353 e. The Labute approximate surface area is 158 Å². The van der Waals surface area contributed by atoms with Crippen molar-refractivity contribution in [2.45, 2.75) is 12.8 Å². The number of benzene rings is 1. The second-order valence-corrected chi connectivity index (χ2v) is 6.88. The van der Waals surface area contributed by atoms with Crippen molar-refractivity contribution in [3.8, 4) is 17.7 Å². The van der Waals surface area contributed by atoms with Crippen molar-refractivity contribution in [3.05, 3.63) is 74.9 Å². The molecule has 0 amide bonds. The molecule has 1 atom stereocenters. The van der Waals surface area contributed by atoms with Crippen molar-refractivity contribution in [3.63, 3.8) is 0 Å². The molecule has 27 heavy (non-hydrogen) atoms. The number of carbonyl (C=O) groups excluding carboxylic acids is 1. The van der Waals surface area contributed by atoms with E-state index < -0.39 is 11.9 Å². The quantitative estimate of drug-likeness (QED) is 0.534. The highest BCUT2D eigenvalue weighted by Crippen LogP contribution is 2.42. The highest BCUT2D eigenvalue weighted by atomic mass is 32.1. The number of esters is 1. The molecule has 0 saturated carbocycles. The minimum Gasteiger partial charge on any atom is -0.422 e. The molecule has 0 fully saturated rings. The summed E-state index contributed by atoms with van der Waals surface area (Å²) in [6, 6.07) is 12.6. The van der Waals surface area contributed by atoms with Gasteiger partial charge in [0.05, 0.1) is 5.92 Å². The average Bonchev–Trinajstić information content (AvgIpc) is 3.32. The summed E-state index contributed by atoms with van der Waals surface area (Å²) in [7, 11) is 0. The van der Waals surface area contributed by atoms with E-state index in [0.29, 0.717) is 22.1 Å². The predicted octanol–water partition coefficient (Wildman–Crippen LogP) is 3.22. The first-order chi connectivity index (χ1) is 13.1. The monoisotopic (exact) mass is 378 g/mol. The van der Waals surface area contributed by atoms with Crippen molar-refractivity contribution in [2.75, 3.05) is 0 Å². The van der Waals surface area contributed by atoms with E-state index in [1.54, 1.807) is 36.4 Å². The normalized spacial score (nSPS) is 15.6. The first-order valence-electron chi connectivity index (χ1n) is 8.06. The second-order valence-electron chi connectivity index (χ2n) is 5.93. The fourth-order valence-corrected chi connectivity index (χ4v) is 3.61. The Balaban J connectivity index is 1.66. The van der Waals surface area contributed by atoms with Crippen LogP contribution in [0.3, 0.4) is 0 Å². The van der Waals surface area contributed by atoms with Crippen molar-refractivity contribution in [2.24, 2.45) is 5.73 Å². The SMILES string of the molecule is Cc1[nH]nc2c1[C@@H](c1ccc(OC(=O)c3cccs3)cc1)C(C#N)=C(N)O2. The summed E-state index contributed by atoms with van der Waals surface area (Å²) in [5.74, 6) is 0.0129. The van der Waals surface area contributed by atoms with Gasteiger partial charge in [-0.05, 0) is 36.1 Å². The standard InChI is InChI=1S/C19H14N4O3S/c1-10-15-16(13(9-20)17(21)26-18(15)23-22-10)11-4-6-12(7-5-11)25-19(24)14-3-2-8-27-14/h2-8,16H,21H2,1H3,(H,22,23)/t16-/m0/s1. The van der Waals surface area contributed by atoms with Crippen LogP contribution in [0.1, 0.15) is 32.4 Å². The Hall–Kier alpha value is -3.57. The van der Waals surface area contributed by atoms with Gasteiger partial charge >= 0.3 is 5.97 Å². The second kappa shape index (κ2) is 6.63. The number of H-pyrrole nitrogens is 1. The van der Waals surface area contributed by atoms with E-state index in [0.717, 1.165) is 16.8 Å². The minimum atomic E-state index is -0.404. The van der Waals surface area contributed by atoms with Crippen LogP contribution in [0.4, 0.5) is 0 Å². The Morgan fingerprint density at radius 3 is 2.81 bits per heavy atom. The van der Waals surface area contributed by atoms with Gasteiger partial charge in [-0.1, -0.05) is 18.2 Å². The molecule has 2 aromatic heterocycles. The lowest BCUT2D eigenvalue weighted by Gasteiger charge is -2.23. The Kier molecular flexibility index (Phi) is 4.14. The average molecular weight is 378 g/mol. The van der Waals surface area contributed by atoms with Crippen LogP contribution in [-0.4, -0.2) is 16.2 Å². The molecule has 1 aliphatic heterocycles. The molecule has 0 saturated heterocycles. The van der Waals surface area contributed by atoms with Gasteiger partial charge < -0.3 is 15.2 Å². The molecule has 3 heterocycles. The van der Waals surface area contributed by atoms with E-state index in [4.69, 9.17) is 15.2 Å². The third-order valence-corrected chi connectivity index (χ3v) is 5.13. The highest BCUT2D eigenvalue weighted by Gasteiger charge is 2.34. The van der Waals surface area contributed by atoms with Gasteiger partial charge in [0.2, 0.25) is 11.8 Å². The zero-order valence-corrected chi connectivity index (χ0v) is 15.0. The highest BCUT2D eigenvalue weighted by molar-refractivity contribution is 7.12. The number of aryl methyl sites for hydroxylation is 1. The number of aromatic nitrogens is 2. The minimum absolute atomic E-state index is 0.0368. The van der Waals surface area contributed by atoms with Crippen molar-refractivity contribution < 1.29 is 14.3 Å². The zero-order chi connectivity index (χ0) is 19.0. The van der Waals surface area contributed by atoms with Gasteiger partial charge in [-0.3, -0.25) is 5.10 Å². The molecule has 8 heteroatoms. The number of ether oxygens (including phenoxy) is 2. The lowest BCUT2D eigenvalue weighted by atomic mass is 9.84. The number of nitrogens with two attached hydrogens (primary N) is 1. The topological polar surface area (TPSA) is 114 Å². The number of nitriles is 1. The number of nitrogens with zero attached hydrogens (tertiary/aromatic N) is 2. The van der Waals surface area contributed by atoms with Gasteiger partial charge in [0, 0.05) is 11.3 Å². The molecular weight excluding hydrogens is 364 g/mol. The summed E-state index contributed by atoms with van der Waals surface area (Å²) >= 11 is 1.32. The van der Waals surface area contributed by atoms with Crippen molar-refractivity contribution in [1.82, 2.24) is 10.2 Å². The molecule has 134 valence electrons. The number of allylic oxidation sites excluding steroid dienone is 1. The van der Waals surface area contributed by atoms with E-state index in [1.807, 2.05) is 12.3 Å². The summed E-state index contributed by atoms with van der Waals surface area (Å²) in [6.07, 6.45) is 0. The van der Waals surface area contributed by atoms with Crippen LogP contribution in [0.25, 0.3) is 0 Å². The Bertz CT molecular complexity index is 1080. The number of rotatable bonds is 3. The smallest absolute Gasteiger partial charge is 0.353 e. The maximum absolute atomic E-state index is 12.1. The molecule has 7 nitrogen and oxygen atoms in total. The molecule has 0 bridgehead atoms. The van der Waals surface area contributed by atoms with E-state index in [2.05, 4.69) is 16.3 Å². The van der Waals surface area contributed by atoms with Gasteiger partial charge in [-0.25, -0.2) is 4.79 Å². The van der Waals surface area contributed by atoms with Gasteiger partial charge in [0.15, 0.2) is 0 Å². The molecule has 0 spiro atoms. The van der Waals surface area contributed by atoms with Crippen LogP contribution >= 0.6 is 11.3 Å². The summed E-state index contributed by atoms with van der Waals surface area (Å²) < 4.78 is 10.8. The first-order valence-corrected chi connectivity index (χ1v) is 8.94. The first kappa shape index (κ1) is 16.9. The molecular formula is C19H14N4O3S. The molecule has 0 aliphatic carbocycles. The van der Waals surface area contributed by atoms with E-state index in [9.17, 15) is 10.1 Å². The third-order valence-electron chi connectivity index (χ3n) is 4.28. The number of fused-ring (bicyclic) bond motifs is 1. The van der Waals surface area contributed by atoms with E-state index in [1.165, 1.54) is 11.3 Å². The van der Waals surface area contributed by atoms with Crippen LogP contribution in [0.15, 0.2) is 53.2 Å². The molecule has 4 rings (SSSR count). The van der Waals surface area contributed by atoms with Crippen LogP contribution in [0.2, 0.25) is 0 Å². The van der Waals surface area contributed by atoms with Gasteiger partial charge in [0.1, 0.15) is 22.3 Å². The fourth-order valence-electron chi connectivity index (χ4n) is 3.01. The molecule has 3 N–H and O–H groups in total. The van der Waals surface area contributed by atoms with E-state index in [-0.39, 0.29) is 5.88 Å². The summed E-state index contributed by atoms with van der Waals surface area (Å²) in [6.45, 7) is 1.86. The van der Waals surface area contributed by atoms with Gasteiger partial charge in [0.25, 0.3) is 0 Å². The number of hydrogen-bond acceptors (Lipinski definition) is 7.